The summed E-state index contributed by atoms with van der Waals surface area (Å²) in [5.41, 5.74) is -0.275. The van der Waals surface area contributed by atoms with E-state index in [1.54, 1.807) is 0 Å². The number of aromatic carboxylic acids is 1. The maximum atomic E-state index is 11.7. The number of carbonyl (C=O) groups is 1. The van der Waals surface area contributed by atoms with Crippen LogP contribution in [-0.2, 0) is 0 Å². The Balaban J connectivity index is 2.98. The summed E-state index contributed by atoms with van der Waals surface area (Å²) in [5.74, 6) is -1.62. The number of carboxylic acid groups (broad SMARTS) is 1. The molecule has 0 amide bonds. The van der Waals surface area contributed by atoms with Gasteiger partial charge >= 0.3 is 12.6 Å². The van der Waals surface area contributed by atoms with Crippen LogP contribution in [0, 0.1) is 0 Å². The molecule has 0 fully saturated rings. The Kier molecular flexibility index (Phi) is 2.79. The smallest absolute Gasteiger partial charge is 0.387 e. The van der Waals surface area contributed by atoms with Gasteiger partial charge in [0.2, 0.25) is 0 Å². The van der Waals surface area contributed by atoms with Gasteiger partial charge < -0.3 is 9.84 Å². The van der Waals surface area contributed by atoms with Crippen molar-refractivity contribution in [2.24, 2.45) is 0 Å². The van der Waals surface area contributed by atoms with Crippen molar-refractivity contribution in [2.45, 2.75) is 6.61 Å². The number of para-hydroxylation sites is 1. The number of carboxylic acids is 1. The summed E-state index contributed by atoms with van der Waals surface area (Å²) in [6.45, 7) is -3.01. The van der Waals surface area contributed by atoms with Gasteiger partial charge in [-0.25, -0.2) is 4.79 Å². The van der Waals surface area contributed by atoms with Gasteiger partial charge in [-0.05, 0) is 12.1 Å². The molecule has 0 spiro atoms. The van der Waals surface area contributed by atoms with Crippen LogP contribution in [0.15, 0.2) is 24.3 Å². The summed E-state index contributed by atoms with van der Waals surface area (Å²) in [6, 6.07) is 5.22. The Morgan fingerprint density at radius 3 is 2.54 bits per heavy atom. The van der Waals surface area contributed by atoms with Gasteiger partial charge in [0, 0.05) is 0 Å². The van der Waals surface area contributed by atoms with E-state index in [-0.39, 0.29) is 11.3 Å². The highest BCUT2D eigenvalue weighted by Crippen LogP contribution is 2.19. The van der Waals surface area contributed by atoms with Crippen LogP contribution >= 0.6 is 0 Å². The van der Waals surface area contributed by atoms with Crippen molar-refractivity contribution in [1.82, 2.24) is 0 Å². The van der Waals surface area contributed by atoms with Gasteiger partial charge in [0.15, 0.2) is 0 Å². The molecular formula is C8H6F2O3. The third kappa shape index (κ3) is 2.40. The molecule has 1 aromatic rings. The lowest BCUT2D eigenvalue weighted by molar-refractivity contribution is -0.0503. The molecule has 3 nitrogen and oxygen atoms in total. The monoisotopic (exact) mass is 188 g/mol. The maximum absolute atomic E-state index is 11.7. The third-order valence-electron chi connectivity index (χ3n) is 1.33. The standard InChI is InChI=1S/C8H6F2O3/c9-8(10)13-6-4-2-1-3-5(6)7(11)12/h1-4,8H,(H,11,12). The molecule has 1 aromatic carbocycles. The predicted molar refractivity (Wildman–Crippen MR) is 40.0 cm³/mol. The molecule has 0 heterocycles. The summed E-state index contributed by atoms with van der Waals surface area (Å²) in [7, 11) is 0. The zero-order valence-electron chi connectivity index (χ0n) is 6.41. The van der Waals surface area contributed by atoms with E-state index in [9.17, 15) is 13.6 Å². The Morgan fingerprint density at radius 1 is 1.38 bits per heavy atom. The van der Waals surface area contributed by atoms with Crippen LogP contribution in [0.4, 0.5) is 8.78 Å². The molecule has 0 aliphatic rings. The molecule has 5 heteroatoms. The quantitative estimate of drug-likeness (QED) is 0.788. The van der Waals surface area contributed by atoms with E-state index >= 15 is 0 Å². The Morgan fingerprint density at radius 2 is 2.00 bits per heavy atom. The van der Waals surface area contributed by atoms with Gasteiger partial charge in [-0.3, -0.25) is 0 Å². The number of halogens is 2. The Hall–Kier alpha value is -1.65. The fraction of sp³-hybridized carbons (Fsp3) is 0.125. The van der Waals surface area contributed by atoms with E-state index in [0.717, 1.165) is 0 Å². The Labute approximate surface area is 72.6 Å². The van der Waals surface area contributed by atoms with E-state index in [2.05, 4.69) is 4.74 Å². The molecule has 0 atom stereocenters. The lowest BCUT2D eigenvalue weighted by Gasteiger charge is -2.06. The minimum absolute atomic E-state index is 0.275. The van der Waals surface area contributed by atoms with Crippen molar-refractivity contribution in [3.05, 3.63) is 29.8 Å². The number of ether oxygens (including phenoxy) is 1. The average Bonchev–Trinajstić information content (AvgIpc) is 2.03. The highest BCUT2D eigenvalue weighted by molar-refractivity contribution is 5.90. The van der Waals surface area contributed by atoms with Crippen LogP contribution in [0.5, 0.6) is 5.75 Å². The highest BCUT2D eigenvalue weighted by atomic mass is 19.3. The first-order valence-corrected chi connectivity index (χ1v) is 3.38. The first-order chi connectivity index (χ1) is 6.11. The van der Waals surface area contributed by atoms with Crippen molar-refractivity contribution in [1.29, 1.82) is 0 Å². The second-order valence-corrected chi connectivity index (χ2v) is 2.18. The van der Waals surface area contributed by atoms with Crippen molar-refractivity contribution >= 4 is 5.97 Å². The normalized spacial score (nSPS) is 10.1. The van der Waals surface area contributed by atoms with Crippen LogP contribution in [0.2, 0.25) is 0 Å². The average molecular weight is 188 g/mol. The second-order valence-electron chi connectivity index (χ2n) is 2.18. The fourth-order valence-electron chi connectivity index (χ4n) is 0.842. The van der Waals surface area contributed by atoms with Gasteiger partial charge in [-0.15, -0.1) is 0 Å². The third-order valence-corrected chi connectivity index (χ3v) is 1.33. The molecule has 0 bridgehead atoms. The molecule has 0 saturated heterocycles. The molecule has 0 radical (unpaired) electrons. The first-order valence-electron chi connectivity index (χ1n) is 3.38. The van der Waals surface area contributed by atoms with Gasteiger partial charge in [0.25, 0.3) is 0 Å². The van der Waals surface area contributed by atoms with Crippen LogP contribution in [0.1, 0.15) is 10.4 Å². The van der Waals surface area contributed by atoms with E-state index in [4.69, 9.17) is 5.11 Å². The zero-order chi connectivity index (χ0) is 9.84. The van der Waals surface area contributed by atoms with Gasteiger partial charge in [0.05, 0.1) is 0 Å². The minimum atomic E-state index is -3.01. The number of benzene rings is 1. The SMILES string of the molecule is O=C(O)c1ccccc1OC(F)F. The maximum Gasteiger partial charge on any atom is 0.387 e. The molecular weight excluding hydrogens is 182 g/mol. The Bertz CT molecular complexity index is 312. The molecule has 13 heavy (non-hydrogen) atoms. The zero-order valence-corrected chi connectivity index (χ0v) is 6.41. The van der Waals surface area contributed by atoms with Crippen LogP contribution < -0.4 is 4.74 Å². The summed E-state index contributed by atoms with van der Waals surface area (Å²) < 4.78 is 27.5. The lowest BCUT2D eigenvalue weighted by Crippen LogP contribution is -2.07. The van der Waals surface area contributed by atoms with E-state index in [0.29, 0.717) is 0 Å². The number of hydrogen-bond acceptors (Lipinski definition) is 2. The van der Waals surface area contributed by atoms with Crippen molar-refractivity contribution < 1.29 is 23.4 Å². The summed E-state index contributed by atoms with van der Waals surface area (Å²) in [4.78, 5) is 10.5. The molecule has 0 saturated carbocycles. The molecule has 70 valence electrons. The molecule has 0 aromatic heterocycles. The highest BCUT2D eigenvalue weighted by Gasteiger charge is 2.13. The molecule has 0 aliphatic heterocycles. The topological polar surface area (TPSA) is 46.5 Å². The van der Waals surface area contributed by atoms with Crippen molar-refractivity contribution in [3.8, 4) is 5.75 Å². The molecule has 0 unspecified atom stereocenters. The number of rotatable bonds is 3. The number of hydrogen-bond donors (Lipinski definition) is 1. The minimum Gasteiger partial charge on any atom is -0.478 e. The van der Waals surface area contributed by atoms with Gasteiger partial charge in [-0.2, -0.15) is 8.78 Å². The first kappa shape index (κ1) is 9.44. The fourth-order valence-corrected chi connectivity index (χ4v) is 0.842. The second kappa shape index (κ2) is 3.84. The van der Waals surface area contributed by atoms with Gasteiger partial charge in [0.1, 0.15) is 11.3 Å². The van der Waals surface area contributed by atoms with E-state index in [1.807, 2.05) is 0 Å². The molecule has 1 N–H and O–H groups in total. The summed E-state index contributed by atoms with van der Waals surface area (Å²) >= 11 is 0. The number of alkyl halides is 2. The lowest BCUT2D eigenvalue weighted by atomic mass is 10.2. The molecule has 0 aliphatic carbocycles. The van der Waals surface area contributed by atoms with Crippen LogP contribution in [-0.4, -0.2) is 17.7 Å². The van der Waals surface area contributed by atoms with Crippen molar-refractivity contribution in [3.63, 3.8) is 0 Å². The van der Waals surface area contributed by atoms with Gasteiger partial charge in [-0.1, -0.05) is 12.1 Å². The molecule has 1 rings (SSSR count). The largest absolute Gasteiger partial charge is 0.478 e. The van der Waals surface area contributed by atoms with E-state index in [1.165, 1.54) is 24.3 Å². The predicted octanol–water partition coefficient (Wildman–Crippen LogP) is 1.99. The van der Waals surface area contributed by atoms with Crippen molar-refractivity contribution in [2.75, 3.05) is 0 Å². The van der Waals surface area contributed by atoms with Crippen LogP contribution in [0.3, 0.4) is 0 Å². The van der Waals surface area contributed by atoms with E-state index < -0.39 is 12.6 Å². The summed E-state index contributed by atoms with van der Waals surface area (Å²) in [6.07, 6.45) is 0. The summed E-state index contributed by atoms with van der Waals surface area (Å²) in [5, 5.41) is 8.55. The van der Waals surface area contributed by atoms with Crippen LogP contribution in [0.25, 0.3) is 0 Å².